The number of primary amides is 1. The lowest BCUT2D eigenvalue weighted by Gasteiger charge is -2.35. The molecule has 2 N–H and O–H groups in total. The third kappa shape index (κ3) is 5.36. The Kier molecular flexibility index (Phi) is 7.05. The zero-order valence-corrected chi connectivity index (χ0v) is 17.1. The number of hydrogen-bond donors (Lipinski definition) is 1. The number of benzene rings is 2. The molecule has 3 rings (SSSR count). The Morgan fingerprint density at radius 3 is 2.40 bits per heavy atom. The fraction of sp³-hybridized carbons (Fsp3) is 0.318. The van der Waals surface area contributed by atoms with Crippen molar-refractivity contribution in [2.24, 2.45) is 11.7 Å². The topological polar surface area (TPSA) is 83.7 Å². The molecule has 1 unspecified atom stereocenters. The fourth-order valence-corrected chi connectivity index (χ4v) is 3.69. The molecule has 1 heterocycles. The normalized spacial score (nSPS) is 16.2. The first kappa shape index (κ1) is 21.8. The molecular weight excluding hydrogens is 409 g/mol. The molecule has 8 heteroatoms. The summed E-state index contributed by atoms with van der Waals surface area (Å²) in [5, 5.41) is 0.544. The number of carbonyl (C=O) groups is 3. The van der Waals surface area contributed by atoms with Crippen LogP contribution in [0.15, 0.2) is 48.5 Å². The minimum absolute atomic E-state index is 0.0107. The van der Waals surface area contributed by atoms with Crippen molar-refractivity contribution in [3.8, 4) is 0 Å². The van der Waals surface area contributed by atoms with E-state index in [4.69, 9.17) is 17.3 Å². The maximum Gasteiger partial charge on any atom is 0.253 e. The van der Waals surface area contributed by atoms with Crippen LogP contribution in [0, 0.1) is 11.7 Å². The molecule has 0 spiro atoms. The van der Waals surface area contributed by atoms with Crippen LogP contribution in [0.1, 0.15) is 29.6 Å². The maximum absolute atomic E-state index is 13.3. The Labute approximate surface area is 179 Å². The Morgan fingerprint density at radius 1 is 1.10 bits per heavy atom. The highest BCUT2D eigenvalue weighted by atomic mass is 35.5. The van der Waals surface area contributed by atoms with Crippen molar-refractivity contribution in [2.45, 2.75) is 19.3 Å². The third-order valence-electron chi connectivity index (χ3n) is 5.14. The molecule has 158 valence electrons. The van der Waals surface area contributed by atoms with E-state index in [1.165, 1.54) is 29.2 Å². The molecule has 0 radical (unpaired) electrons. The number of halogens is 2. The van der Waals surface area contributed by atoms with Gasteiger partial charge in [-0.05, 0) is 61.4 Å². The third-order valence-corrected chi connectivity index (χ3v) is 5.39. The Balaban J connectivity index is 1.76. The number of rotatable bonds is 6. The summed E-state index contributed by atoms with van der Waals surface area (Å²) in [6.45, 7) is 0.930. The minimum Gasteiger partial charge on any atom is -0.370 e. The second-order valence-electron chi connectivity index (χ2n) is 7.28. The van der Waals surface area contributed by atoms with Gasteiger partial charge in [0.25, 0.3) is 5.91 Å². The highest BCUT2D eigenvalue weighted by Gasteiger charge is 2.32. The molecule has 0 saturated carbocycles. The van der Waals surface area contributed by atoms with Gasteiger partial charge in [0, 0.05) is 42.3 Å². The van der Waals surface area contributed by atoms with Crippen molar-refractivity contribution in [3.63, 3.8) is 0 Å². The summed E-state index contributed by atoms with van der Waals surface area (Å²) in [6.07, 6.45) is 1.30. The number of nitrogens with zero attached hydrogens (tertiary/aromatic N) is 2. The average molecular weight is 432 g/mol. The molecule has 0 aliphatic carbocycles. The van der Waals surface area contributed by atoms with Crippen molar-refractivity contribution in [1.29, 1.82) is 0 Å². The first-order valence-corrected chi connectivity index (χ1v) is 10.1. The van der Waals surface area contributed by atoms with E-state index in [2.05, 4.69) is 0 Å². The number of likely N-dealkylation sites (tertiary alicyclic amines) is 1. The largest absolute Gasteiger partial charge is 0.370 e. The van der Waals surface area contributed by atoms with Crippen molar-refractivity contribution in [1.82, 2.24) is 4.90 Å². The van der Waals surface area contributed by atoms with Gasteiger partial charge in [0.05, 0.1) is 5.92 Å². The van der Waals surface area contributed by atoms with E-state index in [-0.39, 0.29) is 31.3 Å². The second-order valence-corrected chi connectivity index (χ2v) is 7.72. The molecule has 2 aromatic carbocycles. The lowest BCUT2D eigenvalue weighted by atomic mass is 9.95. The summed E-state index contributed by atoms with van der Waals surface area (Å²) in [5.41, 5.74) is 6.26. The lowest BCUT2D eigenvalue weighted by Crippen LogP contribution is -2.47. The van der Waals surface area contributed by atoms with Gasteiger partial charge in [-0.3, -0.25) is 14.4 Å². The van der Waals surface area contributed by atoms with Gasteiger partial charge < -0.3 is 15.5 Å². The van der Waals surface area contributed by atoms with Crippen molar-refractivity contribution >= 4 is 35.0 Å². The number of hydrogen-bond acceptors (Lipinski definition) is 3. The standard InChI is InChI=1S/C22H23ClFN3O3/c23-17-5-3-15(4-6-17)21(29)26-12-1-2-16(14-26)22(30)27(13-11-20(25)28)19-9-7-18(24)8-10-19/h3-10,16H,1-2,11-14H2,(H2,25,28). The molecule has 3 amide bonds. The molecule has 1 aliphatic rings. The van der Waals surface area contributed by atoms with Crippen LogP contribution in [0.3, 0.4) is 0 Å². The number of anilines is 1. The minimum atomic E-state index is -0.530. The molecule has 1 saturated heterocycles. The molecule has 6 nitrogen and oxygen atoms in total. The number of amides is 3. The first-order chi connectivity index (χ1) is 14.3. The average Bonchev–Trinajstić information content (AvgIpc) is 2.75. The zero-order chi connectivity index (χ0) is 21.7. The lowest BCUT2D eigenvalue weighted by molar-refractivity contribution is -0.123. The quantitative estimate of drug-likeness (QED) is 0.762. The SMILES string of the molecule is NC(=O)CCN(C(=O)C1CCCN(C(=O)c2ccc(Cl)cc2)C1)c1ccc(F)cc1. The monoisotopic (exact) mass is 431 g/mol. The number of carbonyl (C=O) groups excluding carboxylic acids is 3. The van der Waals surface area contributed by atoms with Crippen LogP contribution in [0.25, 0.3) is 0 Å². The van der Waals surface area contributed by atoms with E-state index in [1.54, 1.807) is 29.2 Å². The van der Waals surface area contributed by atoms with Crippen LogP contribution in [0.2, 0.25) is 5.02 Å². The molecular formula is C22H23ClFN3O3. The van der Waals surface area contributed by atoms with Crippen molar-refractivity contribution in [2.75, 3.05) is 24.5 Å². The van der Waals surface area contributed by atoms with Gasteiger partial charge in [0.2, 0.25) is 11.8 Å². The van der Waals surface area contributed by atoms with E-state index in [1.807, 2.05) is 0 Å². The molecule has 0 bridgehead atoms. The number of piperidine rings is 1. The van der Waals surface area contributed by atoms with Gasteiger partial charge in [-0.15, -0.1) is 0 Å². The van der Waals surface area contributed by atoms with Crippen molar-refractivity contribution < 1.29 is 18.8 Å². The van der Waals surface area contributed by atoms with Gasteiger partial charge in [-0.2, -0.15) is 0 Å². The number of nitrogens with two attached hydrogens (primary N) is 1. The van der Waals surface area contributed by atoms with E-state index in [9.17, 15) is 18.8 Å². The summed E-state index contributed by atoms with van der Waals surface area (Å²) < 4.78 is 13.3. The summed E-state index contributed by atoms with van der Waals surface area (Å²) >= 11 is 5.89. The van der Waals surface area contributed by atoms with Gasteiger partial charge in [0.1, 0.15) is 5.82 Å². The van der Waals surface area contributed by atoms with E-state index < -0.39 is 17.6 Å². The molecule has 2 aromatic rings. The van der Waals surface area contributed by atoms with Gasteiger partial charge in [0.15, 0.2) is 0 Å². The van der Waals surface area contributed by atoms with Gasteiger partial charge in [-0.1, -0.05) is 11.6 Å². The van der Waals surface area contributed by atoms with Crippen LogP contribution < -0.4 is 10.6 Å². The molecule has 1 fully saturated rings. The zero-order valence-electron chi connectivity index (χ0n) is 16.4. The molecule has 30 heavy (non-hydrogen) atoms. The predicted octanol–water partition coefficient (Wildman–Crippen LogP) is 3.24. The molecule has 0 aromatic heterocycles. The highest BCUT2D eigenvalue weighted by molar-refractivity contribution is 6.30. The Hall–Kier alpha value is -2.93. The molecule has 1 atom stereocenters. The predicted molar refractivity (Wildman–Crippen MR) is 113 cm³/mol. The highest BCUT2D eigenvalue weighted by Crippen LogP contribution is 2.25. The summed E-state index contributed by atoms with van der Waals surface area (Å²) in [6, 6.07) is 12.1. The Bertz CT molecular complexity index is 918. The molecule has 1 aliphatic heterocycles. The summed E-state index contributed by atoms with van der Waals surface area (Å²) in [7, 11) is 0. The van der Waals surface area contributed by atoms with Crippen LogP contribution >= 0.6 is 11.6 Å². The van der Waals surface area contributed by atoms with Crippen LogP contribution in [0.4, 0.5) is 10.1 Å². The summed E-state index contributed by atoms with van der Waals surface area (Å²) in [4.78, 5) is 40.5. The van der Waals surface area contributed by atoms with E-state index in [0.29, 0.717) is 35.7 Å². The van der Waals surface area contributed by atoms with Gasteiger partial charge in [-0.25, -0.2) is 4.39 Å². The maximum atomic E-state index is 13.3. The fourth-order valence-electron chi connectivity index (χ4n) is 3.57. The van der Waals surface area contributed by atoms with E-state index >= 15 is 0 Å². The van der Waals surface area contributed by atoms with Crippen LogP contribution in [-0.4, -0.2) is 42.3 Å². The summed E-state index contributed by atoms with van der Waals surface area (Å²) in [5.74, 6) is -1.74. The van der Waals surface area contributed by atoms with Crippen LogP contribution in [-0.2, 0) is 9.59 Å². The Morgan fingerprint density at radius 2 is 1.77 bits per heavy atom. The smallest absolute Gasteiger partial charge is 0.253 e. The van der Waals surface area contributed by atoms with Crippen LogP contribution in [0.5, 0.6) is 0 Å². The first-order valence-electron chi connectivity index (χ1n) is 9.75. The second kappa shape index (κ2) is 9.71. The van der Waals surface area contributed by atoms with E-state index in [0.717, 1.165) is 0 Å². The van der Waals surface area contributed by atoms with Gasteiger partial charge >= 0.3 is 0 Å². The van der Waals surface area contributed by atoms with Crippen molar-refractivity contribution in [3.05, 3.63) is 64.9 Å².